The van der Waals surface area contributed by atoms with Crippen LogP contribution in [-0.2, 0) is 0 Å². The molecule has 1 heterocycles. The lowest BCUT2D eigenvalue weighted by Gasteiger charge is -2.27. The molecule has 2 nitrogen and oxygen atoms in total. The van der Waals surface area contributed by atoms with Crippen LogP contribution in [0.4, 0.5) is 17.1 Å². The van der Waals surface area contributed by atoms with Crippen LogP contribution in [0.2, 0.25) is 0 Å². The highest BCUT2D eigenvalue weighted by Gasteiger charge is 2.22. The third kappa shape index (κ3) is 5.71. The van der Waals surface area contributed by atoms with Crippen LogP contribution >= 0.6 is 0 Å². The van der Waals surface area contributed by atoms with Gasteiger partial charge in [-0.05, 0) is 98.2 Å². The van der Waals surface area contributed by atoms with Crippen LogP contribution in [0.25, 0.3) is 77.2 Å². The zero-order chi connectivity index (χ0) is 35.8. The molecule has 0 aliphatic rings. The Balaban J connectivity index is 1.16. The van der Waals surface area contributed by atoms with Crippen molar-refractivity contribution in [2.75, 3.05) is 4.90 Å². The first-order chi connectivity index (χ1) is 26.8. The van der Waals surface area contributed by atoms with Crippen LogP contribution in [0.1, 0.15) is 0 Å². The lowest BCUT2D eigenvalue weighted by molar-refractivity contribution is 0.670. The summed E-state index contributed by atoms with van der Waals surface area (Å²) >= 11 is 0. The monoisotopic (exact) mass is 689 g/mol. The van der Waals surface area contributed by atoms with Crippen LogP contribution in [0.3, 0.4) is 0 Å². The maximum absolute atomic E-state index is 6.80. The predicted octanol–water partition coefficient (Wildman–Crippen LogP) is 14.9. The van der Waals surface area contributed by atoms with Gasteiger partial charge in [0.1, 0.15) is 11.2 Å². The fraction of sp³-hybridized carbons (Fsp3) is 0. The van der Waals surface area contributed by atoms with E-state index in [1.807, 2.05) is 6.07 Å². The molecule has 0 N–H and O–H groups in total. The number of para-hydroxylation sites is 1. The molecule has 2 heteroatoms. The topological polar surface area (TPSA) is 16.4 Å². The van der Waals surface area contributed by atoms with Crippen molar-refractivity contribution in [2.24, 2.45) is 0 Å². The zero-order valence-corrected chi connectivity index (χ0v) is 29.6. The summed E-state index contributed by atoms with van der Waals surface area (Å²) in [5.74, 6) is 0. The normalized spacial score (nSPS) is 11.3. The summed E-state index contributed by atoms with van der Waals surface area (Å²) in [6.07, 6.45) is 0. The molecule has 0 aliphatic heterocycles. The summed E-state index contributed by atoms with van der Waals surface area (Å²) in [7, 11) is 0. The SMILES string of the molecule is c1ccc(-c2ccc(-c3cccc(N(c4ccc(-c5ccccc5)cc4)c4ccc(-c5ccc6ccccc6c5)c5oc6ccccc6c45)c3)cc2)cc1. The van der Waals surface area contributed by atoms with Gasteiger partial charge >= 0.3 is 0 Å². The number of hydrogen-bond acceptors (Lipinski definition) is 2. The van der Waals surface area contributed by atoms with E-state index in [4.69, 9.17) is 4.42 Å². The Morgan fingerprint density at radius 1 is 0.333 bits per heavy atom. The first-order valence-electron chi connectivity index (χ1n) is 18.4. The van der Waals surface area contributed by atoms with E-state index in [9.17, 15) is 0 Å². The molecule has 0 fully saturated rings. The standard InChI is InChI=1S/C52H35NO/c1-3-12-36(13-4-1)39-22-24-41(25-23-39)43-18-11-19-46(35-43)53(45-30-28-40(29-31-45)37-14-5-2-6-15-37)49-33-32-47(44-27-26-38-16-7-8-17-42(38)34-44)52-51(49)48-20-9-10-21-50(48)54-52/h1-35H. The zero-order valence-electron chi connectivity index (χ0n) is 29.6. The smallest absolute Gasteiger partial charge is 0.145 e. The van der Waals surface area contributed by atoms with Crippen molar-refractivity contribution in [3.8, 4) is 44.5 Å². The molecule has 0 aliphatic carbocycles. The third-order valence-electron chi connectivity index (χ3n) is 10.5. The van der Waals surface area contributed by atoms with Gasteiger partial charge < -0.3 is 9.32 Å². The van der Waals surface area contributed by atoms with Gasteiger partial charge in [-0.3, -0.25) is 0 Å². The average molecular weight is 690 g/mol. The van der Waals surface area contributed by atoms with Crippen LogP contribution in [-0.4, -0.2) is 0 Å². The van der Waals surface area contributed by atoms with E-state index < -0.39 is 0 Å². The Bertz CT molecular complexity index is 2910. The summed E-state index contributed by atoms with van der Waals surface area (Å²) in [5, 5.41) is 4.60. The number of rotatable bonds is 7. The van der Waals surface area contributed by atoms with Crippen molar-refractivity contribution in [1.29, 1.82) is 0 Å². The number of fused-ring (bicyclic) bond motifs is 4. The Kier molecular flexibility index (Phi) is 7.85. The molecule has 1 aromatic heterocycles. The second kappa shape index (κ2) is 13.4. The van der Waals surface area contributed by atoms with Crippen LogP contribution in [0, 0.1) is 0 Å². The number of anilines is 3. The third-order valence-corrected chi connectivity index (χ3v) is 10.5. The van der Waals surface area contributed by atoms with Crippen molar-refractivity contribution < 1.29 is 4.42 Å². The summed E-state index contributed by atoms with van der Waals surface area (Å²) in [6, 6.07) is 75.8. The van der Waals surface area contributed by atoms with Gasteiger partial charge in [0.25, 0.3) is 0 Å². The van der Waals surface area contributed by atoms with Crippen molar-refractivity contribution in [3.05, 3.63) is 212 Å². The van der Waals surface area contributed by atoms with Gasteiger partial charge in [0.15, 0.2) is 0 Å². The fourth-order valence-corrected chi connectivity index (χ4v) is 7.75. The van der Waals surface area contributed by atoms with Crippen molar-refractivity contribution in [1.82, 2.24) is 0 Å². The highest BCUT2D eigenvalue weighted by atomic mass is 16.3. The van der Waals surface area contributed by atoms with Crippen molar-refractivity contribution in [3.63, 3.8) is 0 Å². The van der Waals surface area contributed by atoms with E-state index >= 15 is 0 Å². The summed E-state index contributed by atoms with van der Waals surface area (Å²) < 4.78 is 6.80. The first kappa shape index (κ1) is 31.6. The summed E-state index contributed by atoms with van der Waals surface area (Å²) in [5.41, 5.74) is 14.2. The predicted molar refractivity (Wildman–Crippen MR) is 228 cm³/mol. The van der Waals surface area contributed by atoms with Crippen molar-refractivity contribution >= 4 is 49.8 Å². The minimum atomic E-state index is 0.869. The minimum absolute atomic E-state index is 0.869. The lowest BCUT2D eigenvalue weighted by Crippen LogP contribution is -2.10. The molecule has 10 rings (SSSR count). The molecule has 54 heavy (non-hydrogen) atoms. The Labute approximate surface area is 314 Å². The number of benzene rings is 9. The molecule has 9 aromatic carbocycles. The van der Waals surface area contributed by atoms with E-state index in [0.29, 0.717) is 0 Å². The first-order valence-corrected chi connectivity index (χ1v) is 18.4. The highest BCUT2D eigenvalue weighted by molar-refractivity contribution is 6.17. The fourth-order valence-electron chi connectivity index (χ4n) is 7.75. The quantitative estimate of drug-likeness (QED) is 0.166. The van der Waals surface area contributed by atoms with Gasteiger partial charge in [-0.25, -0.2) is 0 Å². The van der Waals surface area contributed by atoms with E-state index in [1.165, 1.54) is 38.6 Å². The maximum atomic E-state index is 6.80. The van der Waals surface area contributed by atoms with Crippen molar-refractivity contribution in [2.45, 2.75) is 0 Å². The molecule has 0 saturated heterocycles. The molecule has 0 amide bonds. The Hall–Kier alpha value is -7.16. The second-order valence-corrected chi connectivity index (χ2v) is 13.7. The lowest BCUT2D eigenvalue weighted by atomic mass is 9.97. The molecule has 0 radical (unpaired) electrons. The molecule has 0 unspecified atom stereocenters. The van der Waals surface area contributed by atoms with Gasteiger partial charge in [-0.2, -0.15) is 0 Å². The molecule has 0 spiro atoms. The van der Waals surface area contributed by atoms with Gasteiger partial charge in [0.2, 0.25) is 0 Å². The molecule has 254 valence electrons. The number of hydrogen-bond donors (Lipinski definition) is 0. The number of furan rings is 1. The average Bonchev–Trinajstić information content (AvgIpc) is 3.65. The maximum Gasteiger partial charge on any atom is 0.145 e. The van der Waals surface area contributed by atoms with E-state index in [-0.39, 0.29) is 0 Å². The Morgan fingerprint density at radius 3 is 1.61 bits per heavy atom. The van der Waals surface area contributed by atoms with Gasteiger partial charge in [0, 0.05) is 22.3 Å². The van der Waals surface area contributed by atoms with E-state index in [1.54, 1.807) is 0 Å². The van der Waals surface area contributed by atoms with E-state index in [2.05, 4.69) is 211 Å². The summed E-state index contributed by atoms with van der Waals surface area (Å²) in [6.45, 7) is 0. The molecular weight excluding hydrogens is 655 g/mol. The van der Waals surface area contributed by atoms with Crippen LogP contribution < -0.4 is 4.90 Å². The van der Waals surface area contributed by atoms with Gasteiger partial charge in [-0.1, -0.05) is 164 Å². The minimum Gasteiger partial charge on any atom is -0.455 e. The van der Waals surface area contributed by atoms with Gasteiger partial charge in [-0.15, -0.1) is 0 Å². The largest absolute Gasteiger partial charge is 0.455 e. The van der Waals surface area contributed by atoms with E-state index in [0.717, 1.165) is 55.7 Å². The van der Waals surface area contributed by atoms with Crippen LogP contribution in [0.5, 0.6) is 0 Å². The number of nitrogens with zero attached hydrogens (tertiary/aromatic N) is 1. The molecule has 10 aromatic rings. The molecule has 0 saturated carbocycles. The molecular formula is C52H35NO. The Morgan fingerprint density at radius 2 is 0.889 bits per heavy atom. The second-order valence-electron chi connectivity index (χ2n) is 13.7. The molecule has 0 atom stereocenters. The summed E-state index contributed by atoms with van der Waals surface area (Å²) in [4.78, 5) is 2.38. The highest BCUT2D eigenvalue weighted by Crippen LogP contribution is 2.47. The van der Waals surface area contributed by atoms with Gasteiger partial charge in [0.05, 0.1) is 11.1 Å². The molecule has 0 bridgehead atoms. The van der Waals surface area contributed by atoms with Crippen LogP contribution in [0.15, 0.2) is 217 Å².